The van der Waals surface area contributed by atoms with E-state index in [4.69, 9.17) is 5.84 Å². The van der Waals surface area contributed by atoms with E-state index < -0.39 is 0 Å². The Morgan fingerprint density at radius 1 is 1.30 bits per heavy atom. The molecule has 1 aromatic carbocycles. The molecule has 0 aliphatic heterocycles. The van der Waals surface area contributed by atoms with E-state index in [0.29, 0.717) is 6.42 Å². The lowest BCUT2D eigenvalue weighted by molar-refractivity contribution is -0.120. The Bertz CT molecular complexity index is 433. The van der Waals surface area contributed by atoms with Gasteiger partial charge in [0.1, 0.15) is 0 Å². The Balaban J connectivity index is 1.80. The van der Waals surface area contributed by atoms with E-state index in [1.807, 2.05) is 12.1 Å². The van der Waals surface area contributed by atoms with Gasteiger partial charge in [0.15, 0.2) is 0 Å². The molecule has 2 unspecified atom stereocenters. The van der Waals surface area contributed by atoms with E-state index in [0.717, 1.165) is 22.5 Å². The summed E-state index contributed by atoms with van der Waals surface area (Å²) in [6, 6.07) is 8.29. The number of hydrazine groups is 1. The molecule has 0 saturated heterocycles. The van der Waals surface area contributed by atoms with Gasteiger partial charge in [0.2, 0.25) is 5.91 Å². The minimum atomic E-state index is -0.150. The molecule has 2 atom stereocenters. The van der Waals surface area contributed by atoms with Crippen molar-refractivity contribution in [1.29, 1.82) is 0 Å². The predicted molar refractivity (Wildman–Crippen MR) is 85.2 cm³/mol. The van der Waals surface area contributed by atoms with Crippen LogP contribution in [0.25, 0.3) is 0 Å². The molecule has 0 radical (unpaired) electrons. The normalized spacial score (nSPS) is 22.5. The maximum absolute atomic E-state index is 11.2. The first-order valence-electron chi connectivity index (χ1n) is 7.36. The summed E-state index contributed by atoms with van der Waals surface area (Å²) in [6.45, 7) is 2.37. The number of rotatable bonds is 5. The average Bonchev–Trinajstić information content (AvgIpc) is 2.46. The number of thioether (sulfide) groups is 1. The van der Waals surface area contributed by atoms with Gasteiger partial charge in [-0.05, 0) is 29.9 Å². The molecule has 0 spiro atoms. The minimum absolute atomic E-state index is 0.150. The van der Waals surface area contributed by atoms with E-state index in [1.54, 1.807) is 0 Å². The summed E-state index contributed by atoms with van der Waals surface area (Å²) in [5.41, 5.74) is 4.50. The molecule has 0 bridgehead atoms. The molecule has 3 nitrogen and oxygen atoms in total. The van der Waals surface area contributed by atoms with E-state index in [1.165, 1.54) is 31.2 Å². The van der Waals surface area contributed by atoms with Gasteiger partial charge in [-0.25, -0.2) is 5.84 Å². The summed E-state index contributed by atoms with van der Waals surface area (Å²) in [4.78, 5) is 11.2. The molecule has 1 amide bonds. The van der Waals surface area contributed by atoms with Crippen LogP contribution in [0.3, 0.4) is 0 Å². The summed E-state index contributed by atoms with van der Waals surface area (Å²) >= 11 is 2.08. The maximum Gasteiger partial charge on any atom is 0.238 e. The van der Waals surface area contributed by atoms with Crippen molar-refractivity contribution in [1.82, 2.24) is 5.43 Å². The molecule has 1 aliphatic carbocycles. The molecule has 1 aromatic rings. The zero-order chi connectivity index (χ0) is 14.4. The van der Waals surface area contributed by atoms with Crippen LogP contribution >= 0.6 is 11.8 Å². The molecule has 4 heteroatoms. The highest BCUT2D eigenvalue weighted by Gasteiger charge is 2.18. The first-order valence-corrected chi connectivity index (χ1v) is 8.41. The number of nitrogens with two attached hydrogens (primary N) is 1. The highest BCUT2D eigenvalue weighted by atomic mass is 32.2. The lowest BCUT2D eigenvalue weighted by atomic mass is 9.91. The second-order valence-corrected chi connectivity index (χ2v) is 7.05. The smallest absolute Gasteiger partial charge is 0.238 e. The number of hydrogen-bond donors (Lipinski definition) is 2. The Kier molecular flexibility index (Phi) is 5.92. The SMILES string of the molecule is CC1CCCC(SCc2ccc(CC(=O)NN)cc2)C1. The van der Waals surface area contributed by atoms with Crippen molar-refractivity contribution >= 4 is 17.7 Å². The summed E-state index contributed by atoms with van der Waals surface area (Å²) in [5.74, 6) is 6.90. The van der Waals surface area contributed by atoms with Crippen molar-refractivity contribution in [2.75, 3.05) is 0 Å². The molecule has 20 heavy (non-hydrogen) atoms. The fourth-order valence-electron chi connectivity index (χ4n) is 2.73. The van der Waals surface area contributed by atoms with Crippen LogP contribution in [0, 0.1) is 5.92 Å². The van der Waals surface area contributed by atoms with Gasteiger partial charge >= 0.3 is 0 Å². The van der Waals surface area contributed by atoms with Crippen LogP contribution in [0.1, 0.15) is 43.7 Å². The van der Waals surface area contributed by atoms with Gasteiger partial charge in [-0.2, -0.15) is 11.8 Å². The van der Waals surface area contributed by atoms with Gasteiger partial charge in [-0.3, -0.25) is 10.2 Å². The Labute approximate surface area is 125 Å². The number of carbonyl (C=O) groups is 1. The van der Waals surface area contributed by atoms with Gasteiger partial charge < -0.3 is 0 Å². The monoisotopic (exact) mass is 292 g/mol. The number of nitrogens with one attached hydrogen (secondary N) is 1. The third-order valence-corrected chi connectivity index (χ3v) is 5.32. The highest BCUT2D eigenvalue weighted by Crippen LogP contribution is 2.33. The summed E-state index contributed by atoms with van der Waals surface area (Å²) < 4.78 is 0. The molecular formula is C16H24N2OS. The van der Waals surface area contributed by atoms with Crippen molar-refractivity contribution in [3.63, 3.8) is 0 Å². The van der Waals surface area contributed by atoms with E-state index in [9.17, 15) is 4.79 Å². The Morgan fingerprint density at radius 3 is 2.65 bits per heavy atom. The van der Waals surface area contributed by atoms with Gasteiger partial charge in [0.05, 0.1) is 6.42 Å². The molecule has 2 rings (SSSR count). The van der Waals surface area contributed by atoms with Crippen LogP contribution in [0.5, 0.6) is 0 Å². The second-order valence-electron chi connectivity index (χ2n) is 5.77. The third-order valence-electron chi connectivity index (χ3n) is 3.92. The molecule has 110 valence electrons. The van der Waals surface area contributed by atoms with Crippen molar-refractivity contribution in [2.24, 2.45) is 11.8 Å². The first-order chi connectivity index (χ1) is 9.67. The third kappa shape index (κ3) is 4.84. The number of carbonyl (C=O) groups excluding carboxylic acids is 1. The zero-order valence-electron chi connectivity index (χ0n) is 12.1. The number of hydrogen-bond acceptors (Lipinski definition) is 3. The Morgan fingerprint density at radius 2 is 2.00 bits per heavy atom. The van der Waals surface area contributed by atoms with Crippen LogP contribution in [0.15, 0.2) is 24.3 Å². The standard InChI is InChI=1S/C16H24N2OS/c1-12-3-2-4-15(9-12)20-11-14-7-5-13(6-8-14)10-16(19)18-17/h5-8,12,15H,2-4,9-11,17H2,1H3,(H,18,19). The van der Waals surface area contributed by atoms with Gasteiger partial charge in [0.25, 0.3) is 0 Å². The van der Waals surface area contributed by atoms with Crippen LogP contribution < -0.4 is 11.3 Å². The lowest BCUT2D eigenvalue weighted by Gasteiger charge is -2.26. The molecular weight excluding hydrogens is 268 g/mol. The van der Waals surface area contributed by atoms with Gasteiger partial charge in [-0.1, -0.05) is 44.0 Å². The quantitative estimate of drug-likeness (QED) is 0.498. The molecule has 1 aliphatic rings. The van der Waals surface area contributed by atoms with Crippen LogP contribution in [-0.4, -0.2) is 11.2 Å². The minimum Gasteiger partial charge on any atom is -0.294 e. The van der Waals surface area contributed by atoms with Crippen LogP contribution in [0.2, 0.25) is 0 Å². The van der Waals surface area contributed by atoms with Crippen molar-refractivity contribution in [2.45, 2.75) is 50.0 Å². The highest BCUT2D eigenvalue weighted by molar-refractivity contribution is 7.99. The molecule has 0 aromatic heterocycles. The van der Waals surface area contributed by atoms with Crippen molar-refractivity contribution in [3.8, 4) is 0 Å². The van der Waals surface area contributed by atoms with Crippen molar-refractivity contribution in [3.05, 3.63) is 35.4 Å². The van der Waals surface area contributed by atoms with Gasteiger partial charge in [-0.15, -0.1) is 0 Å². The van der Waals surface area contributed by atoms with E-state index in [2.05, 4.69) is 36.2 Å². The molecule has 0 heterocycles. The van der Waals surface area contributed by atoms with E-state index in [-0.39, 0.29) is 5.91 Å². The summed E-state index contributed by atoms with van der Waals surface area (Å²) in [6.07, 6.45) is 5.86. The maximum atomic E-state index is 11.2. The van der Waals surface area contributed by atoms with E-state index >= 15 is 0 Å². The first kappa shape index (κ1) is 15.4. The summed E-state index contributed by atoms with van der Waals surface area (Å²) in [5, 5.41) is 0.821. The second kappa shape index (κ2) is 7.70. The van der Waals surface area contributed by atoms with Crippen molar-refractivity contribution < 1.29 is 4.79 Å². The van der Waals surface area contributed by atoms with Gasteiger partial charge in [0, 0.05) is 11.0 Å². The lowest BCUT2D eigenvalue weighted by Crippen LogP contribution is -2.31. The molecule has 1 fully saturated rings. The number of amides is 1. The fraction of sp³-hybridized carbons (Fsp3) is 0.562. The predicted octanol–water partition coefficient (Wildman–Crippen LogP) is 3.03. The van der Waals surface area contributed by atoms with Crippen LogP contribution in [-0.2, 0) is 17.0 Å². The Hall–Kier alpha value is -1.00. The van der Waals surface area contributed by atoms with Crippen LogP contribution in [0.4, 0.5) is 0 Å². The topological polar surface area (TPSA) is 55.1 Å². The zero-order valence-corrected chi connectivity index (χ0v) is 12.9. The number of benzene rings is 1. The summed E-state index contributed by atoms with van der Waals surface area (Å²) in [7, 11) is 0. The largest absolute Gasteiger partial charge is 0.294 e. The molecule has 1 saturated carbocycles. The molecule has 3 N–H and O–H groups in total. The average molecular weight is 292 g/mol. The fourth-order valence-corrected chi connectivity index (χ4v) is 4.15.